The predicted octanol–water partition coefficient (Wildman–Crippen LogP) is 5.40. The van der Waals surface area contributed by atoms with Crippen molar-refractivity contribution in [3.8, 4) is 0 Å². The fourth-order valence-electron chi connectivity index (χ4n) is 2.91. The highest BCUT2D eigenvalue weighted by atomic mass is 32.1. The van der Waals surface area contributed by atoms with Crippen molar-refractivity contribution in [1.82, 2.24) is 0 Å². The van der Waals surface area contributed by atoms with Gasteiger partial charge in [0.15, 0.2) is 0 Å². The molecule has 0 atom stereocenters. The number of thiophene rings is 1. The average Bonchev–Trinajstić information content (AvgIpc) is 2.89. The van der Waals surface area contributed by atoms with Gasteiger partial charge in [-0.05, 0) is 47.9 Å². The lowest BCUT2D eigenvalue weighted by Crippen LogP contribution is -2.09. The standard InChI is InChI=1S/C19H16OS/c20-19(18-12-15-5-1-2-10-17(15)21-18)16-9-4-8-14(11-16)13-6-3-7-13/h1-2,4-5,8-13H,3,6-7H2. The van der Waals surface area contributed by atoms with Crippen LogP contribution in [-0.4, -0.2) is 5.78 Å². The molecule has 0 unspecified atom stereocenters. The van der Waals surface area contributed by atoms with Crippen molar-refractivity contribution >= 4 is 27.2 Å². The summed E-state index contributed by atoms with van der Waals surface area (Å²) in [6, 6.07) is 18.4. The number of ketones is 1. The van der Waals surface area contributed by atoms with E-state index in [-0.39, 0.29) is 5.78 Å². The number of rotatable bonds is 3. The van der Waals surface area contributed by atoms with Gasteiger partial charge >= 0.3 is 0 Å². The number of benzene rings is 2. The third kappa shape index (κ3) is 2.30. The number of hydrogen-bond acceptors (Lipinski definition) is 2. The molecular formula is C19H16OS. The van der Waals surface area contributed by atoms with E-state index >= 15 is 0 Å². The molecule has 0 bridgehead atoms. The fraction of sp³-hybridized carbons (Fsp3) is 0.211. The lowest BCUT2D eigenvalue weighted by atomic mass is 9.79. The molecule has 1 fully saturated rings. The summed E-state index contributed by atoms with van der Waals surface area (Å²) >= 11 is 1.58. The van der Waals surface area contributed by atoms with Gasteiger partial charge in [-0.15, -0.1) is 11.3 Å². The Kier molecular flexibility index (Phi) is 3.12. The average molecular weight is 292 g/mol. The van der Waals surface area contributed by atoms with Gasteiger partial charge in [0.25, 0.3) is 0 Å². The molecule has 0 aliphatic heterocycles. The van der Waals surface area contributed by atoms with E-state index in [1.807, 2.05) is 30.3 Å². The largest absolute Gasteiger partial charge is 0.288 e. The molecule has 4 rings (SSSR count). The molecule has 0 saturated heterocycles. The predicted molar refractivity (Wildman–Crippen MR) is 88.3 cm³/mol. The van der Waals surface area contributed by atoms with Crippen LogP contribution in [0.1, 0.15) is 46.0 Å². The molecule has 0 radical (unpaired) electrons. The van der Waals surface area contributed by atoms with Crippen molar-refractivity contribution in [2.24, 2.45) is 0 Å². The summed E-state index contributed by atoms with van der Waals surface area (Å²) in [6.45, 7) is 0. The van der Waals surface area contributed by atoms with Gasteiger partial charge in [-0.1, -0.05) is 42.8 Å². The van der Waals surface area contributed by atoms with Gasteiger partial charge in [-0.3, -0.25) is 4.79 Å². The molecule has 1 aliphatic rings. The summed E-state index contributed by atoms with van der Waals surface area (Å²) in [7, 11) is 0. The zero-order valence-corrected chi connectivity index (χ0v) is 12.5. The van der Waals surface area contributed by atoms with E-state index in [1.54, 1.807) is 11.3 Å². The van der Waals surface area contributed by atoms with Crippen molar-refractivity contribution in [2.45, 2.75) is 25.2 Å². The Labute approximate surface area is 128 Å². The summed E-state index contributed by atoms with van der Waals surface area (Å²) < 4.78 is 1.18. The Hall–Kier alpha value is -1.93. The molecule has 1 saturated carbocycles. The quantitative estimate of drug-likeness (QED) is 0.591. The van der Waals surface area contributed by atoms with Gasteiger partial charge in [0.05, 0.1) is 4.88 Å². The van der Waals surface area contributed by atoms with E-state index < -0.39 is 0 Å². The molecule has 104 valence electrons. The van der Waals surface area contributed by atoms with Crippen LogP contribution in [0.3, 0.4) is 0 Å². The SMILES string of the molecule is O=C(c1cccc(C2CCC2)c1)c1cc2ccccc2s1. The van der Waals surface area contributed by atoms with Crippen LogP contribution < -0.4 is 0 Å². The maximum Gasteiger partial charge on any atom is 0.202 e. The highest BCUT2D eigenvalue weighted by Crippen LogP contribution is 2.37. The van der Waals surface area contributed by atoms with E-state index in [4.69, 9.17) is 0 Å². The van der Waals surface area contributed by atoms with Crippen LogP contribution in [0, 0.1) is 0 Å². The molecular weight excluding hydrogens is 276 g/mol. The van der Waals surface area contributed by atoms with Gasteiger partial charge in [0, 0.05) is 10.3 Å². The number of carbonyl (C=O) groups excluding carboxylic acids is 1. The highest BCUT2D eigenvalue weighted by Gasteiger charge is 2.21. The van der Waals surface area contributed by atoms with Crippen LogP contribution in [-0.2, 0) is 0 Å². The minimum Gasteiger partial charge on any atom is -0.288 e. The van der Waals surface area contributed by atoms with Gasteiger partial charge in [-0.25, -0.2) is 0 Å². The fourth-order valence-corrected chi connectivity index (χ4v) is 3.94. The summed E-state index contributed by atoms with van der Waals surface area (Å²) in [4.78, 5) is 13.5. The summed E-state index contributed by atoms with van der Waals surface area (Å²) in [5.41, 5.74) is 2.15. The maximum atomic E-state index is 12.7. The third-order valence-electron chi connectivity index (χ3n) is 4.37. The molecule has 0 N–H and O–H groups in total. The van der Waals surface area contributed by atoms with Crippen LogP contribution in [0.5, 0.6) is 0 Å². The molecule has 2 heteroatoms. The smallest absolute Gasteiger partial charge is 0.202 e. The molecule has 1 nitrogen and oxygen atoms in total. The van der Waals surface area contributed by atoms with Crippen molar-refractivity contribution in [3.63, 3.8) is 0 Å². The van der Waals surface area contributed by atoms with E-state index in [1.165, 1.54) is 29.5 Å². The van der Waals surface area contributed by atoms with Gasteiger partial charge in [-0.2, -0.15) is 0 Å². The van der Waals surface area contributed by atoms with Crippen molar-refractivity contribution in [3.05, 3.63) is 70.6 Å². The maximum absolute atomic E-state index is 12.7. The van der Waals surface area contributed by atoms with E-state index in [0.717, 1.165) is 15.8 Å². The Bertz CT molecular complexity index is 778. The molecule has 0 amide bonds. The van der Waals surface area contributed by atoms with Crippen LogP contribution in [0.25, 0.3) is 10.1 Å². The molecule has 3 aromatic rings. The molecule has 1 aromatic heterocycles. The summed E-state index contributed by atoms with van der Waals surface area (Å²) in [6.07, 6.45) is 3.85. The zero-order chi connectivity index (χ0) is 14.2. The monoisotopic (exact) mass is 292 g/mol. The first-order valence-corrected chi connectivity index (χ1v) is 8.26. The van der Waals surface area contributed by atoms with E-state index in [2.05, 4.69) is 24.3 Å². The highest BCUT2D eigenvalue weighted by molar-refractivity contribution is 7.21. The Morgan fingerprint density at radius 1 is 1.00 bits per heavy atom. The number of carbonyl (C=O) groups is 1. The Morgan fingerprint density at radius 3 is 2.62 bits per heavy atom. The van der Waals surface area contributed by atoms with E-state index in [9.17, 15) is 4.79 Å². The lowest BCUT2D eigenvalue weighted by Gasteiger charge is -2.26. The van der Waals surface area contributed by atoms with Crippen LogP contribution >= 0.6 is 11.3 Å². The second-order valence-electron chi connectivity index (χ2n) is 5.73. The second-order valence-corrected chi connectivity index (χ2v) is 6.81. The topological polar surface area (TPSA) is 17.1 Å². The van der Waals surface area contributed by atoms with Gasteiger partial charge < -0.3 is 0 Å². The molecule has 0 spiro atoms. The van der Waals surface area contributed by atoms with Crippen LogP contribution in [0.2, 0.25) is 0 Å². The van der Waals surface area contributed by atoms with Gasteiger partial charge in [0.2, 0.25) is 5.78 Å². The van der Waals surface area contributed by atoms with Crippen LogP contribution in [0.4, 0.5) is 0 Å². The van der Waals surface area contributed by atoms with Crippen molar-refractivity contribution in [1.29, 1.82) is 0 Å². The lowest BCUT2D eigenvalue weighted by molar-refractivity contribution is 0.104. The molecule has 1 heterocycles. The first-order valence-electron chi connectivity index (χ1n) is 7.44. The zero-order valence-electron chi connectivity index (χ0n) is 11.7. The first-order chi connectivity index (χ1) is 10.3. The Balaban J connectivity index is 1.70. The Morgan fingerprint density at radius 2 is 1.86 bits per heavy atom. The number of hydrogen-bond donors (Lipinski definition) is 0. The number of fused-ring (bicyclic) bond motifs is 1. The minimum atomic E-state index is 0.150. The summed E-state index contributed by atoms with van der Waals surface area (Å²) in [5, 5.41) is 1.15. The summed E-state index contributed by atoms with van der Waals surface area (Å²) in [5.74, 6) is 0.817. The van der Waals surface area contributed by atoms with Crippen LogP contribution in [0.15, 0.2) is 54.6 Å². The minimum absolute atomic E-state index is 0.150. The first kappa shape index (κ1) is 12.8. The van der Waals surface area contributed by atoms with Gasteiger partial charge in [0.1, 0.15) is 0 Å². The molecule has 2 aromatic carbocycles. The third-order valence-corrected chi connectivity index (χ3v) is 5.49. The normalized spacial score (nSPS) is 15.0. The molecule has 1 aliphatic carbocycles. The second kappa shape index (κ2) is 5.12. The van der Waals surface area contributed by atoms with E-state index in [0.29, 0.717) is 5.92 Å². The van der Waals surface area contributed by atoms with Crippen molar-refractivity contribution in [2.75, 3.05) is 0 Å². The van der Waals surface area contributed by atoms with Crippen molar-refractivity contribution < 1.29 is 4.79 Å². The molecule has 21 heavy (non-hydrogen) atoms.